The van der Waals surface area contributed by atoms with Crippen molar-refractivity contribution in [2.75, 3.05) is 11.1 Å². The van der Waals surface area contributed by atoms with Crippen LogP contribution in [0.1, 0.15) is 23.2 Å². The van der Waals surface area contributed by atoms with Crippen molar-refractivity contribution >= 4 is 33.0 Å². The zero-order chi connectivity index (χ0) is 21.2. The molecule has 1 N–H and O–H groups in total. The van der Waals surface area contributed by atoms with Crippen molar-refractivity contribution in [2.24, 2.45) is 0 Å². The van der Waals surface area contributed by atoms with Crippen molar-refractivity contribution in [2.45, 2.75) is 32.1 Å². The molecule has 0 aliphatic rings. The molecule has 6 nitrogen and oxygen atoms in total. The summed E-state index contributed by atoms with van der Waals surface area (Å²) in [4.78, 5) is 12.4. The normalized spacial score (nSPS) is 11.4. The number of hydrogen-bond acceptors (Lipinski definition) is 5. The molecular formula is C21H21ClN2O4S. The van der Waals surface area contributed by atoms with Gasteiger partial charge >= 0.3 is 0 Å². The highest BCUT2D eigenvalue weighted by Gasteiger charge is 2.21. The second-order valence-electron chi connectivity index (χ2n) is 6.80. The number of anilines is 1. The molecule has 0 spiro atoms. The van der Waals surface area contributed by atoms with Crippen LogP contribution in [-0.4, -0.2) is 25.2 Å². The van der Waals surface area contributed by atoms with E-state index in [9.17, 15) is 13.2 Å². The molecule has 0 bridgehead atoms. The maximum absolute atomic E-state index is 12.9. The predicted octanol–water partition coefficient (Wildman–Crippen LogP) is 4.72. The number of aromatic nitrogens is 1. The Balaban J connectivity index is 1.78. The minimum absolute atomic E-state index is 0.175. The minimum Gasteiger partial charge on any atom is -0.356 e. The third kappa shape index (κ3) is 4.68. The molecule has 0 radical (unpaired) electrons. The fraction of sp³-hybridized carbons (Fsp3) is 0.238. The van der Waals surface area contributed by atoms with Crippen molar-refractivity contribution in [3.05, 3.63) is 64.3 Å². The summed E-state index contributed by atoms with van der Waals surface area (Å²) in [5.41, 5.74) is 3.30. The number of halogens is 1. The molecule has 0 fully saturated rings. The number of aryl methyl sites for hydroxylation is 2. The first kappa shape index (κ1) is 21.1. The average Bonchev–Trinajstić information content (AvgIpc) is 3.01. The van der Waals surface area contributed by atoms with Crippen LogP contribution in [0.5, 0.6) is 0 Å². The van der Waals surface area contributed by atoms with Gasteiger partial charge in [0, 0.05) is 17.5 Å². The quantitative estimate of drug-likeness (QED) is 0.608. The van der Waals surface area contributed by atoms with Gasteiger partial charge in [0.25, 0.3) is 0 Å². The Hall–Kier alpha value is -2.64. The van der Waals surface area contributed by atoms with E-state index in [2.05, 4.69) is 10.5 Å². The predicted molar refractivity (Wildman–Crippen MR) is 113 cm³/mol. The summed E-state index contributed by atoms with van der Waals surface area (Å²) in [7, 11) is -3.68. The molecule has 0 saturated carbocycles. The van der Waals surface area contributed by atoms with E-state index in [-0.39, 0.29) is 17.1 Å². The summed E-state index contributed by atoms with van der Waals surface area (Å²) in [6.07, 6.45) is -0.183. The molecule has 0 aliphatic heterocycles. The molecule has 1 amide bonds. The number of rotatable bonds is 6. The number of carbonyl (C=O) groups is 1. The highest BCUT2D eigenvalue weighted by molar-refractivity contribution is 7.91. The summed E-state index contributed by atoms with van der Waals surface area (Å²) in [5.74, 6) is -0.199. The molecule has 0 atom stereocenters. The Kier molecular flexibility index (Phi) is 6.10. The average molecular weight is 433 g/mol. The van der Waals surface area contributed by atoms with Gasteiger partial charge in [-0.1, -0.05) is 41.0 Å². The molecule has 1 heterocycles. The highest BCUT2D eigenvalue weighted by atomic mass is 35.5. The van der Waals surface area contributed by atoms with E-state index in [4.69, 9.17) is 16.1 Å². The number of benzene rings is 2. The van der Waals surface area contributed by atoms with E-state index in [1.807, 2.05) is 13.8 Å². The third-order valence-electron chi connectivity index (χ3n) is 4.69. The molecule has 0 saturated heterocycles. The van der Waals surface area contributed by atoms with Crippen molar-refractivity contribution in [3.8, 4) is 11.3 Å². The lowest BCUT2D eigenvalue weighted by atomic mass is 10.1. The first-order valence-corrected chi connectivity index (χ1v) is 11.0. The lowest BCUT2D eigenvalue weighted by Gasteiger charge is -2.10. The third-order valence-corrected chi connectivity index (χ3v) is 6.87. The van der Waals surface area contributed by atoms with Crippen LogP contribution in [0, 0.1) is 20.8 Å². The number of para-hydroxylation sites is 1. The van der Waals surface area contributed by atoms with Crippen LogP contribution in [0.2, 0.25) is 5.02 Å². The van der Waals surface area contributed by atoms with Crippen LogP contribution < -0.4 is 5.32 Å². The Labute approximate surface area is 174 Å². The molecule has 3 aromatic rings. The Bertz CT molecular complexity index is 1170. The first-order valence-electron chi connectivity index (χ1n) is 9.00. The van der Waals surface area contributed by atoms with E-state index in [1.54, 1.807) is 49.4 Å². The number of amides is 1. The number of hydrogen-bond donors (Lipinski definition) is 1. The molecule has 1 aromatic heterocycles. The van der Waals surface area contributed by atoms with Crippen molar-refractivity contribution in [3.63, 3.8) is 0 Å². The molecule has 0 unspecified atom stereocenters. The molecule has 8 heteroatoms. The van der Waals surface area contributed by atoms with Gasteiger partial charge in [-0.3, -0.25) is 4.79 Å². The summed E-state index contributed by atoms with van der Waals surface area (Å²) in [6, 6.07) is 11.9. The van der Waals surface area contributed by atoms with Crippen LogP contribution in [-0.2, 0) is 14.6 Å². The maximum atomic E-state index is 12.9. The largest absolute Gasteiger partial charge is 0.356 e. The summed E-state index contributed by atoms with van der Waals surface area (Å²) < 4.78 is 31.1. The fourth-order valence-corrected chi connectivity index (χ4v) is 4.60. The smallest absolute Gasteiger partial charge is 0.225 e. The molecule has 29 heavy (non-hydrogen) atoms. The number of carbonyl (C=O) groups excluding carboxylic acids is 1. The second-order valence-corrected chi connectivity index (χ2v) is 9.28. The van der Waals surface area contributed by atoms with Crippen molar-refractivity contribution < 1.29 is 17.7 Å². The lowest BCUT2D eigenvalue weighted by molar-refractivity contribution is -0.115. The summed E-state index contributed by atoms with van der Waals surface area (Å²) >= 11 is 6.02. The van der Waals surface area contributed by atoms with Gasteiger partial charge in [0.1, 0.15) is 0 Å². The highest BCUT2D eigenvalue weighted by Crippen LogP contribution is 2.29. The van der Waals surface area contributed by atoms with Crippen LogP contribution in [0.25, 0.3) is 11.3 Å². The van der Waals surface area contributed by atoms with E-state index in [1.165, 1.54) is 0 Å². The number of sulfone groups is 1. The molecular weight excluding hydrogens is 412 g/mol. The standard InChI is InChI=1S/C21H21ClN2O4S/c1-13-8-9-16(21-14(2)15(3)24-28-21)12-19(13)29(26,27)11-10-20(25)23-18-7-5-4-6-17(18)22/h4-9,12H,10-11H2,1-3H3,(H,23,25). The van der Waals surface area contributed by atoms with Crippen LogP contribution >= 0.6 is 11.6 Å². The van der Waals surface area contributed by atoms with Crippen LogP contribution in [0.15, 0.2) is 51.9 Å². The number of nitrogens with one attached hydrogen (secondary N) is 1. The van der Waals surface area contributed by atoms with Gasteiger partial charge in [0.05, 0.1) is 27.1 Å². The topological polar surface area (TPSA) is 89.3 Å². The Morgan fingerprint density at radius 2 is 1.86 bits per heavy atom. The van der Waals surface area contributed by atoms with Crippen LogP contribution in [0.4, 0.5) is 5.69 Å². The number of nitrogens with zero attached hydrogens (tertiary/aromatic N) is 1. The van der Waals surface area contributed by atoms with E-state index >= 15 is 0 Å². The monoisotopic (exact) mass is 432 g/mol. The zero-order valence-corrected chi connectivity index (χ0v) is 17.9. The maximum Gasteiger partial charge on any atom is 0.225 e. The first-order chi connectivity index (χ1) is 13.7. The van der Waals surface area contributed by atoms with Gasteiger partial charge < -0.3 is 9.84 Å². The Morgan fingerprint density at radius 3 is 2.52 bits per heavy atom. The van der Waals surface area contributed by atoms with E-state index < -0.39 is 15.7 Å². The van der Waals surface area contributed by atoms with Crippen LogP contribution in [0.3, 0.4) is 0 Å². The second kappa shape index (κ2) is 8.39. The van der Waals surface area contributed by atoms with Gasteiger partial charge in [-0.15, -0.1) is 0 Å². The SMILES string of the molecule is Cc1ccc(-c2onc(C)c2C)cc1S(=O)(=O)CCC(=O)Nc1ccccc1Cl. The van der Waals surface area contributed by atoms with E-state index in [0.717, 1.165) is 11.3 Å². The van der Waals surface area contributed by atoms with Gasteiger partial charge in [-0.25, -0.2) is 8.42 Å². The molecule has 2 aromatic carbocycles. The van der Waals surface area contributed by atoms with Gasteiger partial charge in [-0.05, 0) is 44.5 Å². The zero-order valence-electron chi connectivity index (χ0n) is 16.3. The summed E-state index contributed by atoms with van der Waals surface area (Å²) in [6.45, 7) is 5.42. The molecule has 0 aliphatic carbocycles. The Morgan fingerprint density at radius 1 is 1.14 bits per heavy atom. The van der Waals surface area contributed by atoms with Crippen molar-refractivity contribution in [1.82, 2.24) is 5.16 Å². The molecule has 3 rings (SSSR count). The molecule has 152 valence electrons. The van der Waals surface area contributed by atoms with Gasteiger partial charge in [0.2, 0.25) is 5.91 Å². The van der Waals surface area contributed by atoms with Crippen molar-refractivity contribution in [1.29, 1.82) is 0 Å². The minimum atomic E-state index is -3.68. The fourth-order valence-electron chi connectivity index (χ4n) is 2.87. The lowest BCUT2D eigenvalue weighted by Crippen LogP contribution is -2.18. The van der Waals surface area contributed by atoms with Gasteiger partial charge in [-0.2, -0.15) is 0 Å². The van der Waals surface area contributed by atoms with E-state index in [0.29, 0.717) is 27.6 Å². The van der Waals surface area contributed by atoms with Gasteiger partial charge in [0.15, 0.2) is 15.6 Å². The summed E-state index contributed by atoms with van der Waals surface area (Å²) in [5, 5.41) is 6.96.